The summed E-state index contributed by atoms with van der Waals surface area (Å²) in [7, 11) is 4.23. The van der Waals surface area contributed by atoms with E-state index in [2.05, 4.69) is 37.7 Å². The highest BCUT2D eigenvalue weighted by atomic mass is 35.5. The molecule has 0 bridgehead atoms. The number of hydrogen-bond acceptors (Lipinski definition) is 2. The first-order chi connectivity index (χ1) is 6.65. The molecule has 0 unspecified atom stereocenters. The highest BCUT2D eigenvalue weighted by Crippen LogP contribution is 2.08. The fourth-order valence-corrected chi connectivity index (χ4v) is 1.94. The predicted octanol–water partition coefficient (Wildman–Crippen LogP) is 2.28. The predicted molar refractivity (Wildman–Crippen MR) is 65.2 cm³/mol. The van der Waals surface area contributed by atoms with E-state index in [-0.39, 0.29) is 0 Å². The molecular formula is C11H25ClN2. The average molecular weight is 221 g/mol. The lowest BCUT2D eigenvalue weighted by atomic mass is 10.1. The molecule has 0 aromatic carbocycles. The van der Waals surface area contributed by atoms with Crippen LogP contribution >= 0.6 is 11.6 Å². The third kappa shape index (κ3) is 5.84. The van der Waals surface area contributed by atoms with Gasteiger partial charge in [-0.1, -0.05) is 13.8 Å². The van der Waals surface area contributed by atoms with Crippen LogP contribution in [0.5, 0.6) is 0 Å². The van der Waals surface area contributed by atoms with Crippen LogP contribution in [0, 0.1) is 0 Å². The number of halogens is 1. The Morgan fingerprint density at radius 2 is 1.57 bits per heavy atom. The van der Waals surface area contributed by atoms with E-state index in [1.54, 1.807) is 0 Å². The van der Waals surface area contributed by atoms with Gasteiger partial charge in [-0.2, -0.15) is 0 Å². The molecule has 0 aliphatic heterocycles. The lowest BCUT2D eigenvalue weighted by Crippen LogP contribution is -2.40. The Bertz CT molecular complexity index is 124. The van der Waals surface area contributed by atoms with Gasteiger partial charge in [0, 0.05) is 31.6 Å². The van der Waals surface area contributed by atoms with Gasteiger partial charge in [-0.15, -0.1) is 11.6 Å². The van der Waals surface area contributed by atoms with Crippen molar-refractivity contribution >= 4 is 11.6 Å². The zero-order valence-electron chi connectivity index (χ0n) is 10.1. The monoisotopic (exact) mass is 220 g/mol. The molecule has 0 heterocycles. The molecule has 14 heavy (non-hydrogen) atoms. The molecule has 0 spiro atoms. The van der Waals surface area contributed by atoms with Crippen molar-refractivity contribution in [2.45, 2.75) is 32.7 Å². The summed E-state index contributed by atoms with van der Waals surface area (Å²) in [4.78, 5) is 4.73. The fourth-order valence-electron chi connectivity index (χ4n) is 1.72. The molecule has 0 saturated heterocycles. The van der Waals surface area contributed by atoms with Crippen LogP contribution in [0.25, 0.3) is 0 Å². The maximum absolute atomic E-state index is 5.81. The number of nitrogens with zero attached hydrogens (tertiary/aromatic N) is 2. The molecule has 0 aromatic rings. The third-order valence-electron chi connectivity index (χ3n) is 2.67. The summed E-state index contributed by atoms with van der Waals surface area (Å²) in [6, 6.07) is 0.702. The van der Waals surface area contributed by atoms with Crippen molar-refractivity contribution in [3.05, 3.63) is 0 Å². The summed E-state index contributed by atoms with van der Waals surface area (Å²) in [6.45, 7) is 7.78. The summed E-state index contributed by atoms with van der Waals surface area (Å²) in [5.74, 6) is 0.740. The van der Waals surface area contributed by atoms with Crippen LogP contribution in [0.2, 0.25) is 0 Å². The second kappa shape index (κ2) is 8.51. The maximum atomic E-state index is 5.81. The largest absolute Gasteiger partial charge is 0.308 e. The van der Waals surface area contributed by atoms with E-state index in [4.69, 9.17) is 11.6 Å². The second-order valence-electron chi connectivity index (χ2n) is 4.00. The Morgan fingerprint density at radius 3 is 1.93 bits per heavy atom. The quantitative estimate of drug-likeness (QED) is 0.580. The van der Waals surface area contributed by atoms with Crippen molar-refractivity contribution in [2.24, 2.45) is 0 Å². The normalized spacial score (nSPS) is 12.0. The summed E-state index contributed by atoms with van der Waals surface area (Å²) in [5, 5.41) is 0. The van der Waals surface area contributed by atoms with Crippen LogP contribution in [-0.4, -0.2) is 55.5 Å². The Hall–Kier alpha value is 0.210. The number of alkyl halides is 1. The molecule has 0 atom stereocenters. The van der Waals surface area contributed by atoms with Crippen molar-refractivity contribution in [3.63, 3.8) is 0 Å². The van der Waals surface area contributed by atoms with E-state index in [1.165, 1.54) is 12.8 Å². The first-order valence-corrected chi connectivity index (χ1v) is 6.13. The molecule has 86 valence electrons. The Kier molecular flexibility index (Phi) is 8.64. The van der Waals surface area contributed by atoms with Crippen LogP contribution in [0.1, 0.15) is 26.7 Å². The molecule has 0 rings (SSSR count). The summed E-state index contributed by atoms with van der Waals surface area (Å²) < 4.78 is 0. The lowest BCUT2D eigenvalue weighted by molar-refractivity contribution is 0.179. The van der Waals surface area contributed by atoms with Crippen LogP contribution < -0.4 is 0 Å². The molecule has 0 N–H and O–H groups in total. The molecule has 3 heteroatoms. The maximum Gasteiger partial charge on any atom is 0.0351 e. The molecule has 0 aliphatic rings. The zero-order chi connectivity index (χ0) is 11.0. The number of rotatable bonds is 8. The molecule has 0 saturated carbocycles. The number of hydrogen-bond donors (Lipinski definition) is 0. The lowest BCUT2D eigenvalue weighted by Gasteiger charge is -2.30. The average Bonchev–Trinajstić information content (AvgIpc) is 2.15. The van der Waals surface area contributed by atoms with Crippen LogP contribution in [-0.2, 0) is 0 Å². The van der Waals surface area contributed by atoms with Gasteiger partial charge < -0.3 is 4.90 Å². The van der Waals surface area contributed by atoms with E-state index in [0.717, 1.165) is 25.5 Å². The Morgan fingerprint density at radius 1 is 1.00 bits per heavy atom. The smallest absolute Gasteiger partial charge is 0.0351 e. The molecule has 0 radical (unpaired) electrons. The van der Waals surface area contributed by atoms with Gasteiger partial charge in [-0.3, -0.25) is 4.90 Å². The summed E-state index contributed by atoms with van der Waals surface area (Å²) in [6.07, 6.45) is 2.45. The van der Waals surface area contributed by atoms with Gasteiger partial charge in [0.2, 0.25) is 0 Å². The third-order valence-corrected chi connectivity index (χ3v) is 2.83. The Balaban J connectivity index is 3.98. The van der Waals surface area contributed by atoms with Gasteiger partial charge in [0.05, 0.1) is 0 Å². The highest BCUT2D eigenvalue weighted by Gasteiger charge is 2.13. The molecule has 0 aromatic heterocycles. The Labute approximate surface area is 94.2 Å². The van der Waals surface area contributed by atoms with E-state index >= 15 is 0 Å². The molecule has 0 fully saturated rings. The van der Waals surface area contributed by atoms with E-state index in [0.29, 0.717) is 6.04 Å². The van der Waals surface area contributed by atoms with E-state index < -0.39 is 0 Å². The van der Waals surface area contributed by atoms with Crippen molar-refractivity contribution in [1.82, 2.24) is 9.80 Å². The SMILES string of the molecule is CCC(CC)N(CCCl)CCN(C)C. The van der Waals surface area contributed by atoms with Crippen molar-refractivity contribution in [3.8, 4) is 0 Å². The van der Waals surface area contributed by atoms with Gasteiger partial charge >= 0.3 is 0 Å². The summed E-state index contributed by atoms with van der Waals surface area (Å²) in [5.41, 5.74) is 0. The van der Waals surface area contributed by atoms with Gasteiger partial charge in [0.15, 0.2) is 0 Å². The standard InChI is InChI=1S/C11H25ClN2/c1-5-11(6-2)14(8-7-12)10-9-13(3)4/h11H,5-10H2,1-4H3. The molecule has 0 aliphatic carbocycles. The van der Waals surface area contributed by atoms with Crippen LogP contribution in [0.15, 0.2) is 0 Å². The zero-order valence-corrected chi connectivity index (χ0v) is 10.8. The second-order valence-corrected chi connectivity index (χ2v) is 4.38. The minimum absolute atomic E-state index is 0.702. The molecule has 2 nitrogen and oxygen atoms in total. The first-order valence-electron chi connectivity index (χ1n) is 5.60. The highest BCUT2D eigenvalue weighted by molar-refractivity contribution is 6.18. The molecular weight excluding hydrogens is 196 g/mol. The van der Waals surface area contributed by atoms with Crippen molar-refractivity contribution in [2.75, 3.05) is 39.6 Å². The van der Waals surface area contributed by atoms with Gasteiger partial charge in [-0.05, 0) is 26.9 Å². The molecule has 0 amide bonds. The van der Waals surface area contributed by atoms with Crippen LogP contribution in [0.4, 0.5) is 0 Å². The van der Waals surface area contributed by atoms with Gasteiger partial charge in [-0.25, -0.2) is 0 Å². The minimum Gasteiger partial charge on any atom is -0.308 e. The fraction of sp³-hybridized carbons (Fsp3) is 1.00. The topological polar surface area (TPSA) is 6.48 Å². The van der Waals surface area contributed by atoms with Gasteiger partial charge in [0.25, 0.3) is 0 Å². The van der Waals surface area contributed by atoms with E-state index in [9.17, 15) is 0 Å². The first kappa shape index (κ1) is 14.2. The van der Waals surface area contributed by atoms with Gasteiger partial charge in [0.1, 0.15) is 0 Å². The van der Waals surface area contributed by atoms with Crippen molar-refractivity contribution in [1.29, 1.82) is 0 Å². The van der Waals surface area contributed by atoms with Crippen molar-refractivity contribution < 1.29 is 0 Å². The summed E-state index contributed by atoms with van der Waals surface area (Å²) >= 11 is 5.81. The van der Waals surface area contributed by atoms with Crippen LogP contribution in [0.3, 0.4) is 0 Å². The minimum atomic E-state index is 0.702. The number of likely N-dealkylation sites (N-methyl/N-ethyl adjacent to an activating group) is 1. The van der Waals surface area contributed by atoms with E-state index in [1.807, 2.05) is 0 Å².